The van der Waals surface area contributed by atoms with Gasteiger partial charge in [-0.2, -0.15) is 0 Å². The van der Waals surface area contributed by atoms with Crippen molar-refractivity contribution >= 4 is 22.5 Å². The summed E-state index contributed by atoms with van der Waals surface area (Å²) in [5, 5.41) is 1.02. The van der Waals surface area contributed by atoms with Gasteiger partial charge in [-0.3, -0.25) is 14.8 Å². The van der Waals surface area contributed by atoms with Gasteiger partial charge < -0.3 is 9.80 Å². The molecule has 1 fully saturated rings. The van der Waals surface area contributed by atoms with Crippen molar-refractivity contribution in [2.24, 2.45) is 0 Å². The summed E-state index contributed by atoms with van der Waals surface area (Å²) in [7, 11) is 0. The molecule has 27 heavy (non-hydrogen) atoms. The number of nitrogens with zero attached hydrogens (tertiary/aromatic N) is 4. The van der Waals surface area contributed by atoms with E-state index in [0.29, 0.717) is 18.7 Å². The van der Waals surface area contributed by atoms with E-state index < -0.39 is 0 Å². The number of anilines is 1. The molecule has 3 heterocycles. The predicted molar refractivity (Wildman–Crippen MR) is 108 cm³/mol. The highest BCUT2D eigenvalue weighted by molar-refractivity contribution is 5.98. The van der Waals surface area contributed by atoms with Crippen molar-refractivity contribution in [1.29, 1.82) is 0 Å². The summed E-state index contributed by atoms with van der Waals surface area (Å²) in [5.74, 6) is 0.0782. The number of carbonyl (C=O) groups is 1. The van der Waals surface area contributed by atoms with Crippen LogP contribution in [0.2, 0.25) is 0 Å². The third-order valence-corrected chi connectivity index (χ3v) is 5.29. The maximum absolute atomic E-state index is 13.1. The Balaban J connectivity index is 1.53. The fourth-order valence-corrected chi connectivity index (χ4v) is 3.75. The highest BCUT2D eigenvalue weighted by Gasteiger charge is 2.24. The second-order valence-electron chi connectivity index (χ2n) is 7.26. The van der Waals surface area contributed by atoms with Crippen molar-refractivity contribution in [2.45, 2.75) is 20.8 Å². The molecule has 0 atom stereocenters. The molecule has 1 aliphatic rings. The van der Waals surface area contributed by atoms with Gasteiger partial charge in [0.15, 0.2) is 0 Å². The maximum Gasteiger partial charge on any atom is 0.255 e. The van der Waals surface area contributed by atoms with Gasteiger partial charge in [0.2, 0.25) is 0 Å². The van der Waals surface area contributed by atoms with Crippen LogP contribution in [0.25, 0.3) is 10.9 Å². The Bertz CT molecular complexity index is 1010. The minimum Gasteiger partial charge on any atom is -0.368 e. The molecule has 1 aliphatic heterocycles. The normalized spacial score (nSPS) is 14.6. The van der Waals surface area contributed by atoms with Crippen molar-refractivity contribution in [3.8, 4) is 0 Å². The van der Waals surface area contributed by atoms with Gasteiger partial charge in [-0.25, -0.2) is 0 Å². The first-order valence-electron chi connectivity index (χ1n) is 9.36. The number of aryl methyl sites for hydroxylation is 3. The summed E-state index contributed by atoms with van der Waals surface area (Å²) in [5.41, 5.74) is 5.99. The third kappa shape index (κ3) is 3.37. The minimum atomic E-state index is 0.0782. The van der Waals surface area contributed by atoms with Crippen LogP contribution in [-0.4, -0.2) is 47.0 Å². The van der Waals surface area contributed by atoms with Gasteiger partial charge in [-0.1, -0.05) is 11.6 Å². The molecule has 0 aliphatic carbocycles. The molecule has 5 heteroatoms. The molecule has 2 aromatic heterocycles. The summed E-state index contributed by atoms with van der Waals surface area (Å²) in [6.45, 7) is 9.14. The van der Waals surface area contributed by atoms with Crippen molar-refractivity contribution in [3.05, 3.63) is 65.1 Å². The second kappa shape index (κ2) is 6.99. The zero-order valence-corrected chi connectivity index (χ0v) is 16.1. The average molecular weight is 360 g/mol. The van der Waals surface area contributed by atoms with Crippen LogP contribution in [0, 0.1) is 20.8 Å². The first-order chi connectivity index (χ1) is 13.0. The van der Waals surface area contributed by atoms with Crippen LogP contribution in [0.1, 0.15) is 27.2 Å². The van der Waals surface area contributed by atoms with Crippen LogP contribution in [-0.2, 0) is 0 Å². The smallest absolute Gasteiger partial charge is 0.255 e. The van der Waals surface area contributed by atoms with Crippen LogP contribution < -0.4 is 4.90 Å². The molecule has 0 bridgehead atoms. The van der Waals surface area contributed by atoms with Crippen LogP contribution in [0.5, 0.6) is 0 Å². The number of aromatic nitrogens is 2. The van der Waals surface area contributed by atoms with Crippen molar-refractivity contribution < 1.29 is 4.79 Å². The van der Waals surface area contributed by atoms with Crippen LogP contribution in [0.3, 0.4) is 0 Å². The molecule has 1 saturated heterocycles. The van der Waals surface area contributed by atoms with Crippen LogP contribution in [0.15, 0.2) is 42.7 Å². The number of amides is 1. The number of piperazine rings is 1. The minimum absolute atomic E-state index is 0.0782. The first kappa shape index (κ1) is 17.5. The Morgan fingerprint density at radius 2 is 1.78 bits per heavy atom. The van der Waals surface area contributed by atoms with Gasteiger partial charge in [0.25, 0.3) is 5.91 Å². The molecular weight excluding hydrogens is 336 g/mol. The third-order valence-electron chi connectivity index (χ3n) is 5.29. The van der Waals surface area contributed by atoms with Gasteiger partial charge in [0.1, 0.15) is 0 Å². The molecule has 0 spiro atoms. The average Bonchev–Trinajstić information content (AvgIpc) is 2.68. The predicted octanol–water partition coefficient (Wildman–Crippen LogP) is 3.52. The van der Waals surface area contributed by atoms with Gasteiger partial charge in [0, 0.05) is 49.6 Å². The SMILES string of the molecule is Cc1ccc2nc(C)c(C(=O)N3CCN(c4ccncc4C)CC3)cc2c1. The summed E-state index contributed by atoms with van der Waals surface area (Å²) in [6, 6.07) is 10.2. The van der Waals surface area contributed by atoms with E-state index in [2.05, 4.69) is 40.8 Å². The van der Waals surface area contributed by atoms with Crippen LogP contribution >= 0.6 is 0 Å². The molecule has 0 saturated carbocycles. The Hall–Kier alpha value is -2.95. The fraction of sp³-hybridized carbons (Fsp3) is 0.318. The topological polar surface area (TPSA) is 49.3 Å². The Labute approximate surface area is 159 Å². The molecule has 3 aromatic rings. The fourth-order valence-electron chi connectivity index (χ4n) is 3.75. The summed E-state index contributed by atoms with van der Waals surface area (Å²) in [6.07, 6.45) is 3.71. The van der Waals surface area contributed by atoms with Gasteiger partial charge in [0.05, 0.1) is 16.8 Å². The number of carbonyl (C=O) groups excluding carboxylic acids is 1. The van der Waals surface area contributed by atoms with E-state index in [4.69, 9.17) is 0 Å². The van der Waals surface area contributed by atoms with Crippen molar-refractivity contribution in [3.63, 3.8) is 0 Å². The first-order valence-corrected chi connectivity index (χ1v) is 9.36. The van der Waals surface area contributed by atoms with E-state index in [9.17, 15) is 4.79 Å². The summed E-state index contributed by atoms with van der Waals surface area (Å²) < 4.78 is 0. The van der Waals surface area contributed by atoms with E-state index in [1.807, 2.05) is 42.4 Å². The van der Waals surface area contributed by atoms with E-state index in [1.54, 1.807) is 0 Å². The van der Waals surface area contributed by atoms with E-state index in [0.717, 1.165) is 29.7 Å². The second-order valence-corrected chi connectivity index (χ2v) is 7.26. The lowest BCUT2D eigenvalue weighted by Crippen LogP contribution is -2.49. The Kier molecular flexibility index (Phi) is 4.52. The zero-order valence-electron chi connectivity index (χ0n) is 16.1. The number of pyridine rings is 2. The van der Waals surface area contributed by atoms with Gasteiger partial charge >= 0.3 is 0 Å². The molecule has 0 N–H and O–H groups in total. The van der Waals surface area contributed by atoms with E-state index >= 15 is 0 Å². The number of hydrogen-bond donors (Lipinski definition) is 0. The van der Waals surface area contributed by atoms with E-state index in [-0.39, 0.29) is 5.91 Å². The molecular formula is C22H24N4O. The van der Waals surface area contributed by atoms with E-state index in [1.165, 1.54) is 16.8 Å². The molecule has 1 aromatic carbocycles. The lowest BCUT2D eigenvalue weighted by atomic mass is 10.1. The largest absolute Gasteiger partial charge is 0.368 e. The lowest BCUT2D eigenvalue weighted by Gasteiger charge is -2.36. The molecule has 0 radical (unpaired) electrons. The number of rotatable bonds is 2. The van der Waals surface area contributed by atoms with Crippen molar-refractivity contribution in [1.82, 2.24) is 14.9 Å². The Morgan fingerprint density at radius 1 is 1.00 bits per heavy atom. The molecule has 1 amide bonds. The number of benzene rings is 1. The van der Waals surface area contributed by atoms with Gasteiger partial charge in [-0.05, 0) is 50.6 Å². The highest BCUT2D eigenvalue weighted by atomic mass is 16.2. The number of hydrogen-bond acceptors (Lipinski definition) is 4. The molecule has 0 unspecified atom stereocenters. The monoisotopic (exact) mass is 360 g/mol. The lowest BCUT2D eigenvalue weighted by molar-refractivity contribution is 0.0745. The quantitative estimate of drug-likeness (QED) is 0.702. The van der Waals surface area contributed by atoms with Gasteiger partial charge in [-0.15, -0.1) is 0 Å². The molecule has 5 nitrogen and oxygen atoms in total. The Morgan fingerprint density at radius 3 is 2.52 bits per heavy atom. The highest BCUT2D eigenvalue weighted by Crippen LogP contribution is 2.22. The zero-order chi connectivity index (χ0) is 19.0. The standard InChI is InChI=1S/C22H24N4O/c1-15-4-5-20-18(12-15)13-19(17(3)24-20)22(27)26-10-8-25(9-11-26)21-6-7-23-14-16(21)2/h4-7,12-14H,8-11H2,1-3H3. The molecule has 4 rings (SSSR count). The summed E-state index contributed by atoms with van der Waals surface area (Å²) >= 11 is 0. The van der Waals surface area contributed by atoms with Crippen LogP contribution in [0.4, 0.5) is 5.69 Å². The molecule has 138 valence electrons. The maximum atomic E-state index is 13.1. The number of fused-ring (bicyclic) bond motifs is 1. The van der Waals surface area contributed by atoms with Crippen molar-refractivity contribution in [2.75, 3.05) is 31.1 Å². The summed E-state index contributed by atoms with van der Waals surface area (Å²) in [4.78, 5) is 26.2.